The van der Waals surface area contributed by atoms with Crippen LogP contribution in [0.4, 0.5) is 0 Å². The SMILES string of the molecule is CC[C@@H](NC(=O)c1cc(S(=O)(=O)N2CCOCC2)ccc1Cl)c1ccccc1. The van der Waals surface area contributed by atoms with Crippen LogP contribution in [0.25, 0.3) is 0 Å². The average Bonchev–Trinajstić information content (AvgIpc) is 2.73. The van der Waals surface area contributed by atoms with Crippen LogP contribution < -0.4 is 5.32 Å². The number of ether oxygens (including phenoxy) is 1. The third-order valence-electron chi connectivity index (χ3n) is 4.71. The first kappa shape index (κ1) is 20.8. The summed E-state index contributed by atoms with van der Waals surface area (Å²) in [6.45, 7) is 3.26. The van der Waals surface area contributed by atoms with E-state index in [1.165, 1.54) is 22.5 Å². The van der Waals surface area contributed by atoms with E-state index in [-0.39, 0.29) is 21.5 Å². The molecule has 1 aliphatic heterocycles. The van der Waals surface area contributed by atoms with Gasteiger partial charge in [-0.3, -0.25) is 4.79 Å². The molecule has 2 aromatic carbocycles. The van der Waals surface area contributed by atoms with E-state index in [2.05, 4.69) is 5.32 Å². The van der Waals surface area contributed by atoms with Crippen molar-refractivity contribution in [3.8, 4) is 0 Å². The van der Waals surface area contributed by atoms with Crippen LogP contribution >= 0.6 is 11.6 Å². The van der Waals surface area contributed by atoms with Gasteiger partial charge in [0.05, 0.1) is 34.7 Å². The third kappa shape index (κ3) is 4.55. The minimum absolute atomic E-state index is 0.0525. The number of nitrogens with one attached hydrogen (secondary N) is 1. The fourth-order valence-corrected chi connectivity index (χ4v) is 4.76. The highest BCUT2D eigenvalue weighted by Crippen LogP contribution is 2.25. The maximum Gasteiger partial charge on any atom is 0.253 e. The molecule has 1 fully saturated rings. The van der Waals surface area contributed by atoms with Crippen LogP contribution in [0.3, 0.4) is 0 Å². The van der Waals surface area contributed by atoms with Crippen LogP contribution in [-0.2, 0) is 14.8 Å². The summed E-state index contributed by atoms with van der Waals surface area (Å²) >= 11 is 6.21. The Labute approximate surface area is 170 Å². The molecule has 0 bridgehead atoms. The first-order valence-electron chi connectivity index (χ1n) is 9.16. The number of nitrogens with zero attached hydrogens (tertiary/aromatic N) is 1. The lowest BCUT2D eigenvalue weighted by Crippen LogP contribution is -2.40. The van der Waals surface area contributed by atoms with Gasteiger partial charge in [0.25, 0.3) is 5.91 Å². The summed E-state index contributed by atoms with van der Waals surface area (Å²) in [6, 6.07) is 13.6. The lowest BCUT2D eigenvalue weighted by molar-refractivity contribution is 0.0730. The summed E-state index contributed by atoms with van der Waals surface area (Å²) in [6.07, 6.45) is 0.694. The van der Waals surface area contributed by atoms with E-state index in [9.17, 15) is 13.2 Å². The molecule has 1 atom stereocenters. The number of benzene rings is 2. The van der Waals surface area contributed by atoms with Gasteiger partial charge >= 0.3 is 0 Å². The maximum absolute atomic E-state index is 12.9. The largest absolute Gasteiger partial charge is 0.379 e. The quantitative estimate of drug-likeness (QED) is 0.775. The van der Waals surface area contributed by atoms with E-state index < -0.39 is 15.9 Å². The first-order valence-corrected chi connectivity index (χ1v) is 11.0. The second kappa shape index (κ2) is 9.05. The molecule has 0 spiro atoms. The molecule has 1 amide bonds. The van der Waals surface area contributed by atoms with Gasteiger partial charge in [-0.2, -0.15) is 4.31 Å². The fourth-order valence-electron chi connectivity index (χ4n) is 3.12. The van der Waals surface area contributed by atoms with E-state index in [1.54, 1.807) is 0 Å². The smallest absolute Gasteiger partial charge is 0.253 e. The average molecular weight is 423 g/mol. The normalized spacial score (nSPS) is 16.5. The van der Waals surface area contributed by atoms with E-state index >= 15 is 0 Å². The van der Waals surface area contributed by atoms with Gasteiger partial charge in [-0.05, 0) is 30.2 Å². The molecule has 0 aromatic heterocycles. The van der Waals surface area contributed by atoms with Gasteiger partial charge in [0.1, 0.15) is 0 Å². The van der Waals surface area contributed by atoms with Crippen LogP contribution in [0, 0.1) is 0 Å². The molecule has 1 saturated heterocycles. The predicted molar refractivity (Wildman–Crippen MR) is 108 cm³/mol. The summed E-state index contributed by atoms with van der Waals surface area (Å²) in [5, 5.41) is 3.16. The zero-order valence-corrected chi connectivity index (χ0v) is 17.2. The van der Waals surface area contributed by atoms with E-state index in [0.29, 0.717) is 32.7 Å². The minimum Gasteiger partial charge on any atom is -0.379 e. The molecule has 1 aliphatic rings. The summed E-state index contributed by atoms with van der Waals surface area (Å²) in [7, 11) is -3.71. The van der Waals surface area contributed by atoms with Crippen molar-refractivity contribution in [1.82, 2.24) is 9.62 Å². The number of amides is 1. The van der Waals surface area contributed by atoms with Crippen molar-refractivity contribution in [1.29, 1.82) is 0 Å². The molecule has 1 heterocycles. The molecule has 0 unspecified atom stereocenters. The Morgan fingerprint density at radius 2 is 1.86 bits per heavy atom. The summed E-state index contributed by atoms with van der Waals surface area (Å²) in [5.41, 5.74) is 1.12. The van der Waals surface area contributed by atoms with Crippen molar-refractivity contribution in [2.75, 3.05) is 26.3 Å². The Balaban J connectivity index is 1.85. The molecular weight excluding hydrogens is 400 g/mol. The number of carbonyl (C=O) groups excluding carboxylic acids is 1. The van der Waals surface area contributed by atoms with Crippen LogP contribution in [-0.4, -0.2) is 44.9 Å². The van der Waals surface area contributed by atoms with Gasteiger partial charge in [-0.15, -0.1) is 0 Å². The Morgan fingerprint density at radius 3 is 2.50 bits per heavy atom. The van der Waals surface area contributed by atoms with Crippen molar-refractivity contribution >= 4 is 27.5 Å². The molecule has 0 aliphatic carbocycles. The van der Waals surface area contributed by atoms with Gasteiger partial charge < -0.3 is 10.1 Å². The zero-order chi connectivity index (χ0) is 20.1. The van der Waals surface area contributed by atoms with Gasteiger partial charge in [0.2, 0.25) is 10.0 Å². The molecule has 0 saturated carbocycles. The number of carbonyl (C=O) groups is 1. The maximum atomic E-state index is 12.9. The van der Waals surface area contributed by atoms with Gasteiger partial charge in [0, 0.05) is 13.1 Å². The van der Waals surface area contributed by atoms with Gasteiger partial charge in [-0.1, -0.05) is 48.9 Å². The van der Waals surface area contributed by atoms with Crippen molar-refractivity contribution in [2.24, 2.45) is 0 Å². The van der Waals surface area contributed by atoms with Crippen molar-refractivity contribution in [3.63, 3.8) is 0 Å². The molecule has 6 nitrogen and oxygen atoms in total. The highest BCUT2D eigenvalue weighted by atomic mass is 35.5. The highest BCUT2D eigenvalue weighted by Gasteiger charge is 2.28. The van der Waals surface area contributed by atoms with Crippen LogP contribution in [0.15, 0.2) is 53.4 Å². The second-order valence-corrected chi connectivity index (χ2v) is 8.85. The van der Waals surface area contributed by atoms with E-state index in [1.807, 2.05) is 37.3 Å². The fraction of sp³-hybridized carbons (Fsp3) is 0.350. The zero-order valence-electron chi connectivity index (χ0n) is 15.6. The molecule has 3 rings (SSSR count). The molecule has 2 aromatic rings. The third-order valence-corrected chi connectivity index (χ3v) is 6.93. The Hall–Kier alpha value is -1.93. The van der Waals surface area contributed by atoms with Crippen LogP contribution in [0.5, 0.6) is 0 Å². The molecular formula is C20H23ClN2O4S. The number of halogens is 1. The topological polar surface area (TPSA) is 75.7 Å². The summed E-state index contributed by atoms with van der Waals surface area (Å²) in [4.78, 5) is 12.9. The minimum atomic E-state index is -3.71. The number of sulfonamides is 1. The lowest BCUT2D eigenvalue weighted by atomic mass is 10.0. The highest BCUT2D eigenvalue weighted by molar-refractivity contribution is 7.89. The van der Waals surface area contributed by atoms with E-state index in [0.717, 1.165) is 5.56 Å². The van der Waals surface area contributed by atoms with Crippen molar-refractivity contribution in [2.45, 2.75) is 24.3 Å². The predicted octanol–water partition coefficient (Wildman–Crippen LogP) is 3.24. The number of hydrogen-bond acceptors (Lipinski definition) is 4. The Kier molecular flexibility index (Phi) is 6.72. The summed E-state index contributed by atoms with van der Waals surface area (Å²) < 4.78 is 32.3. The molecule has 8 heteroatoms. The second-order valence-electron chi connectivity index (χ2n) is 6.50. The number of hydrogen-bond donors (Lipinski definition) is 1. The van der Waals surface area contributed by atoms with Crippen LogP contribution in [0.1, 0.15) is 35.3 Å². The lowest BCUT2D eigenvalue weighted by Gasteiger charge is -2.26. The monoisotopic (exact) mass is 422 g/mol. The molecule has 0 radical (unpaired) electrons. The van der Waals surface area contributed by atoms with Crippen molar-refractivity contribution in [3.05, 3.63) is 64.7 Å². The standard InChI is InChI=1S/C20H23ClN2O4S/c1-2-19(15-6-4-3-5-7-15)22-20(24)17-14-16(8-9-18(17)21)28(25,26)23-10-12-27-13-11-23/h3-9,14,19H,2,10-13H2,1H3,(H,22,24)/t19-/m1/s1. The number of rotatable bonds is 6. The molecule has 1 N–H and O–H groups in total. The Bertz CT molecular complexity index is 928. The van der Waals surface area contributed by atoms with Gasteiger partial charge in [0.15, 0.2) is 0 Å². The molecule has 28 heavy (non-hydrogen) atoms. The number of morpholine rings is 1. The van der Waals surface area contributed by atoms with Crippen LogP contribution in [0.2, 0.25) is 5.02 Å². The first-order chi connectivity index (χ1) is 13.4. The van der Waals surface area contributed by atoms with Crippen molar-refractivity contribution < 1.29 is 17.9 Å². The van der Waals surface area contributed by atoms with E-state index in [4.69, 9.17) is 16.3 Å². The summed E-state index contributed by atoms with van der Waals surface area (Å²) in [5.74, 6) is -0.403. The Morgan fingerprint density at radius 1 is 1.18 bits per heavy atom. The van der Waals surface area contributed by atoms with Gasteiger partial charge in [-0.25, -0.2) is 8.42 Å². The molecule has 150 valence electrons.